The molecule has 1 unspecified atom stereocenters. The maximum atomic E-state index is 3.51. The molecule has 2 rings (SSSR count). The number of hydrogen-bond donors (Lipinski definition) is 1. The van der Waals surface area contributed by atoms with E-state index in [1.165, 1.54) is 10.4 Å². The van der Waals surface area contributed by atoms with Crippen LogP contribution in [0.15, 0.2) is 47.8 Å². The van der Waals surface area contributed by atoms with Crippen molar-refractivity contribution in [2.75, 3.05) is 6.54 Å². The van der Waals surface area contributed by atoms with Gasteiger partial charge >= 0.3 is 0 Å². The van der Waals surface area contributed by atoms with Crippen LogP contribution in [0.1, 0.15) is 23.4 Å². The van der Waals surface area contributed by atoms with Crippen LogP contribution in [0.3, 0.4) is 0 Å². The zero-order valence-corrected chi connectivity index (χ0v) is 9.63. The number of thiophene rings is 1. The van der Waals surface area contributed by atoms with Crippen LogP contribution in [0.4, 0.5) is 0 Å². The van der Waals surface area contributed by atoms with Gasteiger partial charge in [0.1, 0.15) is 0 Å². The lowest BCUT2D eigenvalue weighted by atomic mass is 10.1. The summed E-state index contributed by atoms with van der Waals surface area (Å²) in [6.45, 7) is 3.13. The molecular formula is C13H15NS. The van der Waals surface area contributed by atoms with Crippen LogP contribution in [0.5, 0.6) is 0 Å². The van der Waals surface area contributed by atoms with Crippen LogP contribution >= 0.6 is 11.3 Å². The van der Waals surface area contributed by atoms with Crippen molar-refractivity contribution in [1.82, 2.24) is 5.32 Å². The molecule has 1 N–H and O–H groups in total. The van der Waals surface area contributed by atoms with E-state index in [2.05, 4.69) is 60.1 Å². The Labute approximate surface area is 94.8 Å². The van der Waals surface area contributed by atoms with Crippen molar-refractivity contribution in [3.05, 3.63) is 58.3 Å². The van der Waals surface area contributed by atoms with Gasteiger partial charge in [-0.25, -0.2) is 0 Å². The molecule has 1 heterocycles. The van der Waals surface area contributed by atoms with Gasteiger partial charge in [0.15, 0.2) is 0 Å². The van der Waals surface area contributed by atoms with Crippen LogP contribution < -0.4 is 5.32 Å². The number of hydrogen-bond acceptors (Lipinski definition) is 2. The molecule has 1 aromatic heterocycles. The molecule has 15 heavy (non-hydrogen) atoms. The molecule has 0 aliphatic heterocycles. The Bertz CT molecular complexity index is 380. The lowest BCUT2D eigenvalue weighted by Crippen LogP contribution is -2.20. The van der Waals surface area contributed by atoms with E-state index in [1.54, 1.807) is 11.3 Å². The maximum absolute atomic E-state index is 3.51. The zero-order chi connectivity index (χ0) is 10.5. The highest BCUT2D eigenvalue weighted by atomic mass is 32.1. The zero-order valence-electron chi connectivity index (χ0n) is 8.81. The van der Waals surface area contributed by atoms with Gasteiger partial charge < -0.3 is 5.32 Å². The third-order valence-corrected chi connectivity index (χ3v) is 3.31. The van der Waals surface area contributed by atoms with Crippen molar-refractivity contribution in [3.63, 3.8) is 0 Å². The van der Waals surface area contributed by atoms with Crippen molar-refractivity contribution in [1.29, 1.82) is 0 Å². The average molecular weight is 217 g/mol. The fourth-order valence-electron chi connectivity index (χ4n) is 1.69. The Morgan fingerprint density at radius 2 is 1.93 bits per heavy atom. The van der Waals surface area contributed by atoms with Gasteiger partial charge in [0.05, 0.1) is 6.04 Å². The molecule has 0 spiro atoms. The van der Waals surface area contributed by atoms with Gasteiger partial charge in [-0.15, -0.1) is 11.3 Å². The van der Waals surface area contributed by atoms with E-state index < -0.39 is 0 Å². The minimum Gasteiger partial charge on any atom is -0.306 e. The van der Waals surface area contributed by atoms with Gasteiger partial charge in [-0.05, 0) is 23.6 Å². The van der Waals surface area contributed by atoms with Crippen LogP contribution in [-0.4, -0.2) is 6.54 Å². The Morgan fingerprint density at radius 1 is 1.13 bits per heavy atom. The number of rotatable bonds is 4. The first kappa shape index (κ1) is 10.4. The smallest absolute Gasteiger partial charge is 0.0670 e. The minimum absolute atomic E-state index is 0.344. The lowest BCUT2D eigenvalue weighted by molar-refractivity contribution is 0.640. The molecular weight excluding hydrogens is 202 g/mol. The van der Waals surface area contributed by atoms with E-state index in [0.717, 1.165) is 6.54 Å². The number of benzene rings is 1. The minimum atomic E-state index is 0.344. The fourth-order valence-corrected chi connectivity index (χ4v) is 2.51. The van der Waals surface area contributed by atoms with Crippen molar-refractivity contribution >= 4 is 11.3 Å². The first-order chi connectivity index (χ1) is 7.42. The van der Waals surface area contributed by atoms with Gasteiger partial charge in [0.25, 0.3) is 0 Å². The molecule has 0 amide bonds. The summed E-state index contributed by atoms with van der Waals surface area (Å²) in [7, 11) is 0. The topological polar surface area (TPSA) is 12.0 Å². The van der Waals surface area contributed by atoms with E-state index in [4.69, 9.17) is 0 Å². The molecule has 1 aromatic carbocycles. The summed E-state index contributed by atoms with van der Waals surface area (Å²) >= 11 is 1.80. The van der Waals surface area contributed by atoms with E-state index in [-0.39, 0.29) is 0 Å². The lowest BCUT2D eigenvalue weighted by Gasteiger charge is -2.16. The highest BCUT2D eigenvalue weighted by Crippen LogP contribution is 2.25. The van der Waals surface area contributed by atoms with Crippen molar-refractivity contribution in [3.8, 4) is 0 Å². The first-order valence-electron chi connectivity index (χ1n) is 5.23. The molecule has 78 valence electrons. The molecule has 1 atom stereocenters. The Balaban J connectivity index is 2.28. The maximum Gasteiger partial charge on any atom is 0.0670 e. The largest absolute Gasteiger partial charge is 0.306 e. The van der Waals surface area contributed by atoms with E-state index in [0.29, 0.717) is 6.04 Å². The molecule has 0 radical (unpaired) electrons. The Morgan fingerprint density at radius 3 is 2.53 bits per heavy atom. The predicted octanol–water partition coefficient (Wildman–Crippen LogP) is 3.45. The first-order valence-corrected chi connectivity index (χ1v) is 6.11. The van der Waals surface area contributed by atoms with Crippen molar-refractivity contribution < 1.29 is 0 Å². The summed E-state index contributed by atoms with van der Waals surface area (Å²) in [6, 6.07) is 15.2. The second-order valence-electron chi connectivity index (χ2n) is 3.42. The summed E-state index contributed by atoms with van der Waals surface area (Å²) in [6.07, 6.45) is 0. The summed E-state index contributed by atoms with van der Waals surface area (Å²) in [5, 5.41) is 5.64. The summed E-state index contributed by atoms with van der Waals surface area (Å²) in [5.41, 5.74) is 1.34. The third kappa shape index (κ3) is 2.46. The molecule has 1 nitrogen and oxygen atoms in total. The standard InChI is InChI=1S/C13H15NS/c1-2-14-13(12-9-6-10-15-12)11-7-4-3-5-8-11/h3-10,13-14H,2H2,1H3. The summed E-state index contributed by atoms with van der Waals surface area (Å²) in [4.78, 5) is 1.38. The fraction of sp³-hybridized carbons (Fsp3) is 0.231. The molecule has 0 aliphatic rings. The van der Waals surface area contributed by atoms with Gasteiger partial charge in [-0.3, -0.25) is 0 Å². The van der Waals surface area contributed by atoms with Crippen LogP contribution in [0.25, 0.3) is 0 Å². The molecule has 0 fully saturated rings. The molecule has 0 saturated heterocycles. The predicted molar refractivity (Wildman–Crippen MR) is 66.3 cm³/mol. The normalized spacial score (nSPS) is 12.6. The second-order valence-corrected chi connectivity index (χ2v) is 4.40. The highest BCUT2D eigenvalue weighted by molar-refractivity contribution is 7.10. The SMILES string of the molecule is CCNC(c1ccccc1)c1cccs1. The van der Waals surface area contributed by atoms with Crippen molar-refractivity contribution in [2.24, 2.45) is 0 Å². The Kier molecular flexibility index (Phi) is 3.54. The van der Waals surface area contributed by atoms with Crippen molar-refractivity contribution in [2.45, 2.75) is 13.0 Å². The monoisotopic (exact) mass is 217 g/mol. The third-order valence-electron chi connectivity index (χ3n) is 2.37. The van der Waals surface area contributed by atoms with E-state index in [9.17, 15) is 0 Å². The quantitative estimate of drug-likeness (QED) is 0.827. The molecule has 0 saturated carbocycles. The molecule has 0 bridgehead atoms. The molecule has 0 aliphatic carbocycles. The second kappa shape index (κ2) is 5.10. The van der Waals surface area contributed by atoms with Gasteiger partial charge in [0.2, 0.25) is 0 Å². The van der Waals surface area contributed by atoms with Gasteiger partial charge in [-0.1, -0.05) is 43.3 Å². The summed E-state index contributed by atoms with van der Waals surface area (Å²) < 4.78 is 0. The molecule has 2 heteroatoms. The van der Waals surface area contributed by atoms with Crippen LogP contribution in [-0.2, 0) is 0 Å². The van der Waals surface area contributed by atoms with Crippen LogP contribution in [0.2, 0.25) is 0 Å². The molecule has 2 aromatic rings. The summed E-state index contributed by atoms with van der Waals surface area (Å²) in [5.74, 6) is 0. The number of nitrogens with one attached hydrogen (secondary N) is 1. The van der Waals surface area contributed by atoms with Gasteiger partial charge in [-0.2, -0.15) is 0 Å². The van der Waals surface area contributed by atoms with Crippen LogP contribution in [0, 0.1) is 0 Å². The van der Waals surface area contributed by atoms with Gasteiger partial charge in [0, 0.05) is 4.88 Å². The van der Waals surface area contributed by atoms with E-state index >= 15 is 0 Å². The average Bonchev–Trinajstić information content (AvgIpc) is 2.80. The Hall–Kier alpha value is -1.12. The van der Waals surface area contributed by atoms with E-state index in [1.807, 2.05) is 0 Å². The highest BCUT2D eigenvalue weighted by Gasteiger charge is 2.12.